The van der Waals surface area contributed by atoms with E-state index in [0.29, 0.717) is 5.91 Å². The molecule has 0 unspecified atom stereocenters. The lowest BCUT2D eigenvalue weighted by Crippen LogP contribution is -2.41. The Hall–Kier alpha value is -0.570. The van der Waals surface area contributed by atoms with Crippen molar-refractivity contribution in [2.45, 2.75) is 25.7 Å². The fourth-order valence-corrected chi connectivity index (χ4v) is 1.87. The molecule has 0 spiro atoms. The van der Waals surface area contributed by atoms with Crippen molar-refractivity contribution in [2.75, 3.05) is 19.6 Å². The summed E-state index contributed by atoms with van der Waals surface area (Å²) in [5.41, 5.74) is 0. The lowest BCUT2D eigenvalue weighted by molar-refractivity contribution is -0.141. The van der Waals surface area contributed by atoms with Crippen LogP contribution in [0.3, 0.4) is 0 Å². The number of carbonyl (C=O) groups is 1. The standard InChI is InChI=1S/C8H14N2O/c11-8-4-3-7-10(8)9-5-1-2-6-9/h1-7H2. The Balaban J connectivity index is 1.97. The first-order chi connectivity index (χ1) is 5.38. The van der Waals surface area contributed by atoms with Crippen LogP contribution in [0.5, 0.6) is 0 Å². The first kappa shape index (κ1) is 7.10. The van der Waals surface area contributed by atoms with E-state index in [0.717, 1.165) is 32.5 Å². The lowest BCUT2D eigenvalue weighted by Gasteiger charge is -2.26. The van der Waals surface area contributed by atoms with Crippen molar-refractivity contribution in [3.63, 3.8) is 0 Å². The predicted octanol–water partition coefficient (Wildman–Crippen LogP) is 0.620. The van der Waals surface area contributed by atoms with E-state index in [1.165, 1.54) is 12.8 Å². The van der Waals surface area contributed by atoms with Crippen molar-refractivity contribution >= 4 is 5.91 Å². The van der Waals surface area contributed by atoms with Gasteiger partial charge in [-0.3, -0.25) is 9.80 Å². The molecule has 3 heteroatoms. The van der Waals surface area contributed by atoms with Crippen LogP contribution in [0, 0.1) is 0 Å². The maximum atomic E-state index is 11.2. The van der Waals surface area contributed by atoms with Crippen LogP contribution < -0.4 is 0 Å². The van der Waals surface area contributed by atoms with Gasteiger partial charge in [0, 0.05) is 26.1 Å². The monoisotopic (exact) mass is 154 g/mol. The Kier molecular flexibility index (Phi) is 1.82. The Morgan fingerprint density at radius 1 is 1.00 bits per heavy atom. The van der Waals surface area contributed by atoms with Gasteiger partial charge in [0.25, 0.3) is 0 Å². The van der Waals surface area contributed by atoms with Crippen molar-refractivity contribution in [2.24, 2.45) is 0 Å². The summed E-state index contributed by atoms with van der Waals surface area (Å²) in [6.45, 7) is 3.14. The minimum absolute atomic E-state index is 0.326. The maximum absolute atomic E-state index is 11.2. The summed E-state index contributed by atoms with van der Waals surface area (Å²) in [5, 5.41) is 4.14. The number of rotatable bonds is 1. The Bertz CT molecular complexity index is 163. The third kappa shape index (κ3) is 1.25. The number of carbonyl (C=O) groups excluding carboxylic acids is 1. The average molecular weight is 154 g/mol. The molecule has 11 heavy (non-hydrogen) atoms. The molecule has 0 atom stereocenters. The number of hydrogen-bond donors (Lipinski definition) is 0. The van der Waals surface area contributed by atoms with E-state index in [2.05, 4.69) is 5.01 Å². The van der Waals surface area contributed by atoms with Crippen LogP contribution in [0.2, 0.25) is 0 Å². The second-order valence-electron chi connectivity index (χ2n) is 3.28. The summed E-state index contributed by atoms with van der Waals surface area (Å²) in [4.78, 5) is 11.2. The maximum Gasteiger partial charge on any atom is 0.236 e. The summed E-state index contributed by atoms with van der Waals surface area (Å²) >= 11 is 0. The van der Waals surface area contributed by atoms with Crippen LogP contribution in [0.1, 0.15) is 25.7 Å². The highest BCUT2D eigenvalue weighted by molar-refractivity contribution is 5.77. The molecule has 2 heterocycles. The van der Waals surface area contributed by atoms with Gasteiger partial charge in [-0.25, -0.2) is 5.01 Å². The van der Waals surface area contributed by atoms with E-state index in [4.69, 9.17) is 0 Å². The van der Waals surface area contributed by atoms with E-state index in [1.807, 2.05) is 5.01 Å². The SMILES string of the molecule is O=C1CCCN1N1CCCC1. The van der Waals surface area contributed by atoms with E-state index in [1.54, 1.807) is 0 Å². The number of hydrogen-bond acceptors (Lipinski definition) is 2. The largest absolute Gasteiger partial charge is 0.275 e. The molecule has 0 aliphatic carbocycles. The highest BCUT2D eigenvalue weighted by atomic mass is 16.2. The number of amides is 1. The van der Waals surface area contributed by atoms with Gasteiger partial charge >= 0.3 is 0 Å². The van der Waals surface area contributed by atoms with Gasteiger partial charge in [-0.2, -0.15) is 0 Å². The molecule has 2 aliphatic heterocycles. The second-order valence-corrected chi connectivity index (χ2v) is 3.28. The Morgan fingerprint density at radius 2 is 1.73 bits per heavy atom. The minimum Gasteiger partial charge on any atom is -0.275 e. The smallest absolute Gasteiger partial charge is 0.236 e. The fourth-order valence-electron chi connectivity index (χ4n) is 1.87. The first-order valence-electron chi connectivity index (χ1n) is 4.43. The molecule has 3 nitrogen and oxygen atoms in total. The molecule has 2 fully saturated rings. The molecule has 0 radical (unpaired) electrons. The van der Waals surface area contributed by atoms with Gasteiger partial charge in [-0.05, 0) is 19.3 Å². The van der Waals surface area contributed by atoms with E-state index < -0.39 is 0 Å². The van der Waals surface area contributed by atoms with Crippen molar-refractivity contribution in [3.8, 4) is 0 Å². The topological polar surface area (TPSA) is 23.6 Å². The van der Waals surface area contributed by atoms with Gasteiger partial charge in [0.05, 0.1) is 0 Å². The zero-order valence-electron chi connectivity index (χ0n) is 6.75. The van der Waals surface area contributed by atoms with E-state index in [9.17, 15) is 4.79 Å². The Morgan fingerprint density at radius 3 is 2.27 bits per heavy atom. The van der Waals surface area contributed by atoms with Crippen LogP contribution in [0.4, 0.5) is 0 Å². The molecule has 0 bridgehead atoms. The molecule has 0 aromatic heterocycles. The van der Waals surface area contributed by atoms with Crippen LogP contribution >= 0.6 is 0 Å². The number of hydrazine groups is 1. The van der Waals surface area contributed by atoms with Gasteiger partial charge in [-0.15, -0.1) is 0 Å². The quantitative estimate of drug-likeness (QED) is 0.552. The van der Waals surface area contributed by atoms with Crippen molar-refractivity contribution in [1.29, 1.82) is 0 Å². The molecule has 0 aromatic rings. The molecule has 0 N–H and O–H groups in total. The molecule has 62 valence electrons. The molecular weight excluding hydrogens is 140 g/mol. The summed E-state index contributed by atoms with van der Waals surface area (Å²) in [5.74, 6) is 0.326. The normalized spacial score (nSPS) is 26.9. The third-order valence-corrected chi connectivity index (χ3v) is 2.47. The van der Waals surface area contributed by atoms with Gasteiger partial charge in [0.2, 0.25) is 5.91 Å². The third-order valence-electron chi connectivity index (χ3n) is 2.47. The summed E-state index contributed by atoms with van der Waals surface area (Å²) in [6, 6.07) is 0. The second kappa shape index (κ2) is 2.81. The highest BCUT2D eigenvalue weighted by Crippen LogP contribution is 2.17. The molecule has 2 rings (SSSR count). The van der Waals surface area contributed by atoms with Gasteiger partial charge < -0.3 is 0 Å². The van der Waals surface area contributed by atoms with Gasteiger partial charge in [-0.1, -0.05) is 0 Å². The predicted molar refractivity (Wildman–Crippen MR) is 41.8 cm³/mol. The zero-order chi connectivity index (χ0) is 7.68. The van der Waals surface area contributed by atoms with E-state index in [-0.39, 0.29) is 0 Å². The van der Waals surface area contributed by atoms with Crippen LogP contribution in [0.15, 0.2) is 0 Å². The molecular formula is C8H14N2O. The molecule has 2 aliphatic rings. The van der Waals surface area contributed by atoms with Crippen LogP contribution in [0.25, 0.3) is 0 Å². The van der Waals surface area contributed by atoms with Crippen molar-refractivity contribution in [3.05, 3.63) is 0 Å². The fraction of sp³-hybridized carbons (Fsp3) is 0.875. The Labute approximate surface area is 66.9 Å². The van der Waals surface area contributed by atoms with Crippen LogP contribution in [-0.2, 0) is 4.79 Å². The van der Waals surface area contributed by atoms with Crippen LogP contribution in [-0.4, -0.2) is 35.6 Å². The zero-order valence-corrected chi connectivity index (χ0v) is 6.75. The summed E-state index contributed by atoms with van der Waals surface area (Å²) in [7, 11) is 0. The summed E-state index contributed by atoms with van der Waals surface area (Å²) < 4.78 is 0. The van der Waals surface area contributed by atoms with Gasteiger partial charge in [0.15, 0.2) is 0 Å². The van der Waals surface area contributed by atoms with Gasteiger partial charge in [0.1, 0.15) is 0 Å². The molecule has 0 aromatic carbocycles. The highest BCUT2D eigenvalue weighted by Gasteiger charge is 2.27. The number of nitrogens with zero attached hydrogens (tertiary/aromatic N) is 2. The molecule has 1 amide bonds. The van der Waals surface area contributed by atoms with Crippen molar-refractivity contribution < 1.29 is 4.79 Å². The molecule has 2 saturated heterocycles. The summed E-state index contributed by atoms with van der Waals surface area (Å²) in [6.07, 6.45) is 4.32. The minimum atomic E-state index is 0.326. The average Bonchev–Trinajstić information content (AvgIpc) is 2.55. The van der Waals surface area contributed by atoms with E-state index >= 15 is 0 Å². The first-order valence-corrected chi connectivity index (χ1v) is 4.43. The van der Waals surface area contributed by atoms with Crippen molar-refractivity contribution in [1.82, 2.24) is 10.0 Å². The lowest BCUT2D eigenvalue weighted by atomic mass is 10.4. The molecule has 0 saturated carbocycles.